The van der Waals surface area contributed by atoms with Gasteiger partial charge in [0.1, 0.15) is 0 Å². The van der Waals surface area contributed by atoms with Crippen LogP contribution < -0.4 is 0 Å². The fourth-order valence-electron chi connectivity index (χ4n) is 1.73. The summed E-state index contributed by atoms with van der Waals surface area (Å²) in [6, 6.07) is 0. The molecule has 1 saturated carbocycles. The minimum Gasteiger partial charge on any atom is -0.389 e. The van der Waals surface area contributed by atoms with E-state index in [0.717, 1.165) is 25.7 Å². The number of hydrogen-bond donors (Lipinski definition) is 1. The third kappa shape index (κ3) is 2.23. The van der Waals surface area contributed by atoms with Gasteiger partial charge in [-0.3, -0.25) is 0 Å². The first kappa shape index (κ1) is 9.57. The summed E-state index contributed by atoms with van der Waals surface area (Å²) in [5.41, 5.74) is -0.607. The average molecular weight is 168 g/mol. The number of ether oxygens (including phenoxy) is 1. The summed E-state index contributed by atoms with van der Waals surface area (Å²) in [5, 5.41) is 9.89. The Morgan fingerprint density at radius 1 is 1.58 bits per heavy atom. The maximum atomic E-state index is 9.89. The predicted molar refractivity (Wildman–Crippen MR) is 47.7 cm³/mol. The van der Waals surface area contributed by atoms with Gasteiger partial charge in [-0.25, -0.2) is 0 Å². The lowest BCUT2D eigenvalue weighted by atomic mass is 9.81. The molecular weight excluding hydrogens is 152 g/mol. The van der Waals surface area contributed by atoms with Crippen molar-refractivity contribution in [3.63, 3.8) is 0 Å². The lowest BCUT2D eigenvalue weighted by Crippen LogP contribution is -2.35. The molecule has 0 aliphatic heterocycles. The molecule has 12 heavy (non-hydrogen) atoms. The van der Waals surface area contributed by atoms with Crippen LogP contribution in [0.1, 0.15) is 32.1 Å². The number of methoxy groups -OCH3 is 1. The summed E-state index contributed by atoms with van der Waals surface area (Å²) in [6.45, 7) is 0. The van der Waals surface area contributed by atoms with Crippen molar-refractivity contribution in [2.45, 2.75) is 43.8 Å². The maximum absolute atomic E-state index is 9.89. The van der Waals surface area contributed by atoms with Crippen LogP contribution in [-0.2, 0) is 4.74 Å². The summed E-state index contributed by atoms with van der Waals surface area (Å²) >= 11 is 0. The van der Waals surface area contributed by atoms with E-state index in [1.807, 2.05) is 0 Å². The van der Waals surface area contributed by atoms with E-state index in [1.54, 1.807) is 7.11 Å². The highest BCUT2D eigenvalue weighted by molar-refractivity contribution is 4.97. The zero-order valence-corrected chi connectivity index (χ0v) is 7.55. The molecule has 68 valence electrons. The lowest BCUT2D eigenvalue weighted by Gasteiger charge is -2.34. The lowest BCUT2D eigenvalue weighted by molar-refractivity contribution is -0.0398. The molecule has 1 rings (SSSR count). The molecule has 0 aromatic carbocycles. The first-order valence-corrected chi connectivity index (χ1v) is 4.39. The summed E-state index contributed by atoms with van der Waals surface area (Å²) < 4.78 is 5.20. The molecule has 2 heteroatoms. The molecule has 0 bridgehead atoms. The number of hydrogen-bond acceptors (Lipinski definition) is 2. The van der Waals surface area contributed by atoms with Crippen LogP contribution in [-0.4, -0.2) is 23.9 Å². The molecule has 1 aliphatic carbocycles. The molecule has 0 saturated heterocycles. The third-order valence-electron chi connectivity index (χ3n) is 2.63. The van der Waals surface area contributed by atoms with Crippen LogP contribution in [0.4, 0.5) is 0 Å². The average Bonchev–Trinajstić information content (AvgIpc) is 2.06. The predicted octanol–water partition coefficient (Wildman–Crippen LogP) is 1.33. The summed E-state index contributed by atoms with van der Waals surface area (Å²) in [4.78, 5) is 0. The summed E-state index contributed by atoms with van der Waals surface area (Å²) in [6.07, 6.45) is 9.37. The standard InChI is InChI=1S/C10H16O2/c1-3-6-10(11)7-4-9(12-2)5-8-10/h1,9,11H,4-8H2,2H3. The van der Waals surface area contributed by atoms with Gasteiger partial charge in [-0.05, 0) is 25.7 Å². The molecule has 0 aromatic heterocycles. The zero-order chi connectivity index (χ0) is 9.03. The molecule has 1 fully saturated rings. The van der Waals surface area contributed by atoms with Gasteiger partial charge in [0.05, 0.1) is 11.7 Å². The van der Waals surface area contributed by atoms with Crippen molar-refractivity contribution in [1.82, 2.24) is 0 Å². The smallest absolute Gasteiger partial charge is 0.0758 e. The van der Waals surface area contributed by atoms with Gasteiger partial charge in [0.2, 0.25) is 0 Å². The zero-order valence-electron chi connectivity index (χ0n) is 7.55. The topological polar surface area (TPSA) is 29.5 Å². The largest absolute Gasteiger partial charge is 0.389 e. The molecule has 0 amide bonds. The Hall–Kier alpha value is -0.520. The highest BCUT2D eigenvalue weighted by Gasteiger charge is 2.32. The Kier molecular flexibility index (Phi) is 3.13. The molecule has 1 N–H and O–H groups in total. The van der Waals surface area contributed by atoms with E-state index in [4.69, 9.17) is 11.2 Å². The van der Waals surface area contributed by atoms with E-state index >= 15 is 0 Å². The molecular formula is C10H16O2. The fourth-order valence-corrected chi connectivity index (χ4v) is 1.73. The molecule has 0 atom stereocenters. The number of rotatable bonds is 2. The van der Waals surface area contributed by atoms with E-state index in [-0.39, 0.29) is 0 Å². The Morgan fingerprint density at radius 2 is 2.17 bits per heavy atom. The molecule has 0 heterocycles. The second-order valence-corrected chi connectivity index (χ2v) is 3.54. The van der Waals surface area contributed by atoms with Crippen molar-refractivity contribution in [2.24, 2.45) is 0 Å². The van der Waals surface area contributed by atoms with Crippen molar-refractivity contribution in [3.05, 3.63) is 0 Å². The Balaban J connectivity index is 2.39. The van der Waals surface area contributed by atoms with E-state index in [0.29, 0.717) is 12.5 Å². The number of terminal acetylenes is 1. The van der Waals surface area contributed by atoms with Gasteiger partial charge < -0.3 is 9.84 Å². The summed E-state index contributed by atoms with van der Waals surface area (Å²) in [5.74, 6) is 2.52. The van der Waals surface area contributed by atoms with Crippen molar-refractivity contribution < 1.29 is 9.84 Å². The maximum Gasteiger partial charge on any atom is 0.0758 e. The van der Waals surface area contributed by atoms with E-state index in [1.165, 1.54) is 0 Å². The van der Waals surface area contributed by atoms with Crippen LogP contribution in [0.25, 0.3) is 0 Å². The minimum atomic E-state index is -0.607. The van der Waals surface area contributed by atoms with Gasteiger partial charge in [-0.2, -0.15) is 0 Å². The van der Waals surface area contributed by atoms with Crippen molar-refractivity contribution >= 4 is 0 Å². The van der Waals surface area contributed by atoms with Crippen molar-refractivity contribution in [2.75, 3.05) is 7.11 Å². The van der Waals surface area contributed by atoms with E-state index < -0.39 is 5.60 Å². The van der Waals surface area contributed by atoms with Gasteiger partial charge in [-0.15, -0.1) is 12.3 Å². The monoisotopic (exact) mass is 168 g/mol. The van der Waals surface area contributed by atoms with Gasteiger partial charge in [-0.1, -0.05) is 0 Å². The highest BCUT2D eigenvalue weighted by atomic mass is 16.5. The van der Waals surface area contributed by atoms with Crippen LogP contribution >= 0.6 is 0 Å². The van der Waals surface area contributed by atoms with Crippen LogP contribution in [0.2, 0.25) is 0 Å². The highest BCUT2D eigenvalue weighted by Crippen LogP contribution is 2.31. The van der Waals surface area contributed by atoms with Gasteiger partial charge in [0.15, 0.2) is 0 Å². The van der Waals surface area contributed by atoms with E-state index in [2.05, 4.69) is 5.92 Å². The first-order valence-electron chi connectivity index (χ1n) is 4.39. The van der Waals surface area contributed by atoms with Crippen molar-refractivity contribution in [1.29, 1.82) is 0 Å². The molecule has 2 nitrogen and oxygen atoms in total. The molecule has 0 radical (unpaired) electrons. The Morgan fingerprint density at radius 3 is 2.58 bits per heavy atom. The summed E-state index contributed by atoms with van der Waals surface area (Å²) in [7, 11) is 1.72. The SMILES string of the molecule is C#CCC1(O)CCC(OC)CC1. The third-order valence-corrected chi connectivity index (χ3v) is 2.63. The molecule has 1 aliphatic rings. The van der Waals surface area contributed by atoms with Crippen molar-refractivity contribution in [3.8, 4) is 12.3 Å². The molecule has 0 unspecified atom stereocenters. The van der Waals surface area contributed by atoms with Crippen LogP contribution in [0.3, 0.4) is 0 Å². The van der Waals surface area contributed by atoms with Crippen LogP contribution in [0.15, 0.2) is 0 Å². The quantitative estimate of drug-likeness (QED) is 0.630. The van der Waals surface area contributed by atoms with Gasteiger partial charge in [0.25, 0.3) is 0 Å². The van der Waals surface area contributed by atoms with E-state index in [9.17, 15) is 5.11 Å². The van der Waals surface area contributed by atoms with Gasteiger partial charge in [0, 0.05) is 13.5 Å². The minimum absolute atomic E-state index is 0.322. The normalized spacial score (nSPS) is 35.9. The van der Waals surface area contributed by atoms with Gasteiger partial charge >= 0.3 is 0 Å². The second-order valence-electron chi connectivity index (χ2n) is 3.54. The van der Waals surface area contributed by atoms with Crippen LogP contribution in [0, 0.1) is 12.3 Å². The molecule has 0 spiro atoms. The fraction of sp³-hybridized carbons (Fsp3) is 0.800. The number of aliphatic hydroxyl groups is 1. The van der Waals surface area contributed by atoms with Crippen LogP contribution in [0.5, 0.6) is 0 Å². The molecule has 0 aromatic rings. The Labute approximate surface area is 73.9 Å². The second kappa shape index (κ2) is 3.93. The first-order chi connectivity index (χ1) is 5.70. The Bertz CT molecular complexity index is 173.